The normalized spacial score (nSPS) is 19.6. The van der Waals surface area contributed by atoms with Crippen LogP contribution in [0, 0.1) is 13.8 Å². The van der Waals surface area contributed by atoms with Crippen molar-refractivity contribution in [1.82, 2.24) is 15.1 Å². The van der Waals surface area contributed by atoms with Gasteiger partial charge in [-0.25, -0.2) is 0 Å². The Morgan fingerprint density at radius 2 is 2.04 bits per heavy atom. The van der Waals surface area contributed by atoms with E-state index in [2.05, 4.69) is 12.2 Å². The second kappa shape index (κ2) is 6.43. The highest BCUT2D eigenvalue weighted by Crippen LogP contribution is 2.32. The third kappa shape index (κ3) is 3.08. The number of hydrogen-bond acceptors (Lipinski definition) is 4. The molecule has 1 atom stereocenters. The van der Waals surface area contributed by atoms with E-state index in [0.29, 0.717) is 26.2 Å². The zero-order chi connectivity index (χ0) is 17.4. The van der Waals surface area contributed by atoms with Crippen LogP contribution >= 0.6 is 0 Å². The van der Waals surface area contributed by atoms with Crippen molar-refractivity contribution in [3.8, 4) is 11.5 Å². The molecule has 2 aliphatic heterocycles. The number of rotatable bonds is 3. The molecule has 1 unspecified atom stereocenters. The molecule has 4 rings (SSSR count). The molecule has 2 aromatic rings. The minimum Gasteiger partial charge on any atom is -0.486 e. The first-order valence-corrected chi connectivity index (χ1v) is 8.83. The fraction of sp³-hybridized carbons (Fsp3) is 0.474. The van der Waals surface area contributed by atoms with Gasteiger partial charge < -0.3 is 14.8 Å². The van der Waals surface area contributed by atoms with Crippen molar-refractivity contribution in [3.05, 3.63) is 40.7 Å². The summed E-state index contributed by atoms with van der Waals surface area (Å²) in [6, 6.07) is 6.10. The van der Waals surface area contributed by atoms with Crippen molar-refractivity contribution in [2.45, 2.75) is 45.7 Å². The van der Waals surface area contributed by atoms with Crippen molar-refractivity contribution in [2.24, 2.45) is 0 Å². The molecule has 1 saturated heterocycles. The number of benzene rings is 1. The summed E-state index contributed by atoms with van der Waals surface area (Å²) in [5.74, 6) is 1.73. The summed E-state index contributed by atoms with van der Waals surface area (Å²) >= 11 is 0. The number of fused-ring (bicyclic) bond motifs is 1. The number of aryl methyl sites for hydroxylation is 1. The Hall–Kier alpha value is -2.50. The van der Waals surface area contributed by atoms with Crippen LogP contribution < -0.4 is 14.8 Å². The van der Waals surface area contributed by atoms with Crippen LogP contribution in [0.2, 0.25) is 0 Å². The van der Waals surface area contributed by atoms with E-state index in [4.69, 9.17) is 14.6 Å². The van der Waals surface area contributed by atoms with Crippen LogP contribution in [-0.4, -0.2) is 28.9 Å². The number of amides is 1. The highest BCUT2D eigenvalue weighted by Gasteiger charge is 2.25. The van der Waals surface area contributed by atoms with Crippen LogP contribution in [0.15, 0.2) is 18.2 Å². The van der Waals surface area contributed by atoms with E-state index >= 15 is 0 Å². The summed E-state index contributed by atoms with van der Waals surface area (Å²) in [5.41, 5.74) is 4.38. The lowest BCUT2D eigenvalue weighted by Crippen LogP contribution is -2.33. The van der Waals surface area contributed by atoms with Gasteiger partial charge in [0.05, 0.1) is 18.3 Å². The van der Waals surface area contributed by atoms with Gasteiger partial charge in [-0.1, -0.05) is 6.07 Å². The molecule has 3 heterocycles. The van der Waals surface area contributed by atoms with Gasteiger partial charge in [0.2, 0.25) is 5.91 Å². The zero-order valence-corrected chi connectivity index (χ0v) is 14.7. The fourth-order valence-corrected chi connectivity index (χ4v) is 3.75. The number of carbonyl (C=O) groups is 1. The summed E-state index contributed by atoms with van der Waals surface area (Å²) in [5, 5.41) is 7.81. The molecule has 1 aromatic carbocycles. The first-order valence-electron chi connectivity index (χ1n) is 8.83. The highest BCUT2D eigenvalue weighted by atomic mass is 16.6. The molecule has 6 nitrogen and oxygen atoms in total. The first kappa shape index (κ1) is 16.0. The molecule has 6 heteroatoms. The topological polar surface area (TPSA) is 65.4 Å². The molecule has 1 aromatic heterocycles. The van der Waals surface area contributed by atoms with E-state index in [1.807, 2.05) is 29.8 Å². The number of hydrogen-bond donors (Lipinski definition) is 1. The van der Waals surface area contributed by atoms with Gasteiger partial charge in [-0.2, -0.15) is 5.10 Å². The largest absolute Gasteiger partial charge is 0.486 e. The van der Waals surface area contributed by atoms with Crippen molar-refractivity contribution in [3.63, 3.8) is 0 Å². The fourth-order valence-electron chi connectivity index (χ4n) is 3.75. The molecule has 0 spiro atoms. The molecular formula is C19H23N3O3. The molecule has 0 aliphatic carbocycles. The Labute approximate surface area is 147 Å². The molecule has 0 saturated carbocycles. The van der Waals surface area contributed by atoms with E-state index < -0.39 is 0 Å². The van der Waals surface area contributed by atoms with E-state index in [1.165, 1.54) is 0 Å². The van der Waals surface area contributed by atoms with Gasteiger partial charge in [0.15, 0.2) is 11.5 Å². The molecule has 1 amide bonds. The van der Waals surface area contributed by atoms with E-state index in [9.17, 15) is 4.79 Å². The Kier molecular flexibility index (Phi) is 4.11. The average molecular weight is 341 g/mol. The maximum absolute atomic E-state index is 11.7. The molecule has 25 heavy (non-hydrogen) atoms. The number of nitrogens with zero attached hydrogens (tertiary/aromatic N) is 2. The van der Waals surface area contributed by atoms with Gasteiger partial charge in [-0.05, 0) is 44.4 Å². The van der Waals surface area contributed by atoms with E-state index in [0.717, 1.165) is 46.9 Å². The number of carbonyl (C=O) groups excluding carboxylic acids is 1. The monoisotopic (exact) mass is 341 g/mol. The number of ether oxygens (including phenoxy) is 2. The standard InChI is InChI=1S/C19H23N3O3/c1-12-19(15-4-3-5-18(23)20-15)13(2)22(21-12)11-14-6-7-16-17(10-14)25-9-8-24-16/h6-7,10,15H,3-5,8-9,11H2,1-2H3,(H,20,23). The van der Waals surface area contributed by atoms with Crippen molar-refractivity contribution in [1.29, 1.82) is 0 Å². The van der Waals surface area contributed by atoms with Gasteiger partial charge in [0, 0.05) is 17.7 Å². The summed E-state index contributed by atoms with van der Waals surface area (Å²) in [6.45, 7) is 5.95. The minimum atomic E-state index is 0.0790. The Balaban J connectivity index is 1.59. The SMILES string of the molecule is Cc1nn(Cc2ccc3c(c2)OCCO3)c(C)c1C1CCCC(=O)N1. The van der Waals surface area contributed by atoms with Crippen molar-refractivity contribution in [2.75, 3.05) is 13.2 Å². The van der Waals surface area contributed by atoms with Crippen LogP contribution in [0.1, 0.15) is 47.8 Å². The Morgan fingerprint density at radius 1 is 1.24 bits per heavy atom. The predicted molar refractivity (Wildman–Crippen MR) is 93.0 cm³/mol. The summed E-state index contributed by atoms with van der Waals surface area (Å²) in [7, 11) is 0. The van der Waals surface area contributed by atoms with E-state index in [1.54, 1.807) is 0 Å². The highest BCUT2D eigenvalue weighted by molar-refractivity contribution is 5.77. The van der Waals surface area contributed by atoms with Crippen LogP contribution in [0.5, 0.6) is 11.5 Å². The van der Waals surface area contributed by atoms with Crippen molar-refractivity contribution < 1.29 is 14.3 Å². The van der Waals surface area contributed by atoms with Gasteiger partial charge >= 0.3 is 0 Å². The number of aromatic nitrogens is 2. The van der Waals surface area contributed by atoms with Crippen LogP contribution in [0.4, 0.5) is 0 Å². The molecule has 1 N–H and O–H groups in total. The quantitative estimate of drug-likeness (QED) is 0.932. The van der Waals surface area contributed by atoms with Crippen molar-refractivity contribution >= 4 is 5.91 Å². The summed E-state index contributed by atoms with van der Waals surface area (Å²) < 4.78 is 13.3. The zero-order valence-electron chi connectivity index (χ0n) is 14.7. The smallest absolute Gasteiger partial charge is 0.220 e. The molecular weight excluding hydrogens is 318 g/mol. The molecule has 1 fully saturated rings. The van der Waals surface area contributed by atoms with Crippen LogP contribution in [0.3, 0.4) is 0 Å². The lowest BCUT2D eigenvalue weighted by Gasteiger charge is -2.24. The molecule has 132 valence electrons. The molecule has 2 aliphatic rings. The lowest BCUT2D eigenvalue weighted by molar-refractivity contribution is -0.123. The maximum atomic E-state index is 11.7. The average Bonchev–Trinajstić information content (AvgIpc) is 2.88. The predicted octanol–water partition coefficient (Wildman–Crippen LogP) is 2.66. The Bertz CT molecular complexity index is 812. The number of nitrogens with one attached hydrogen (secondary N) is 1. The summed E-state index contributed by atoms with van der Waals surface area (Å²) in [6.07, 6.45) is 2.53. The number of piperidine rings is 1. The van der Waals surface area contributed by atoms with E-state index in [-0.39, 0.29) is 11.9 Å². The van der Waals surface area contributed by atoms with Gasteiger partial charge in [0.25, 0.3) is 0 Å². The molecule has 0 radical (unpaired) electrons. The van der Waals surface area contributed by atoms with Crippen LogP contribution in [-0.2, 0) is 11.3 Å². The molecule has 0 bridgehead atoms. The lowest BCUT2D eigenvalue weighted by atomic mass is 9.96. The summed E-state index contributed by atoms with van der Waals surface area (Å²) in [4.78, 5) is 11.7. The second-order valence-electron chi connectivity index (χ2n) is 6.73. The Morgan fingerprint density at radius 3 is 2.84 bits per heavy atom. The first-order chi connectivity index (χ1) is 12.1. The minimum absolute atomic E-state index is 0.0790. The second-order valence-corrected chi connectivity index (χ2v) is 6.73. The third-order valence-corrected chi connectivity index (χ3v) is 4.96. The van der Waals surface area contributed by atoms with Crippen LogP contribution in [0.25, 0.3) is 0 Å². The van der Waals surface area contributed by atoms with Gasteiger partial charge in [-0.15, -0.1) is 0 Å². The van der Waals surface area contributed by atoms with Gasteiger partial charge in [0.1, 0.15) is 13.2 Å². The van der Waals surface area contributed by atoms with Gasteiger partial charge in [-0.3, -0.25) is 9.48 Å². The maximum Gasteiger partial charge on any atom is 0.220 e. The third-order valence-electron chi connectivity index (χ3n) is 4.96.